The molecule has 2 aromatic rings. The summed E-state index contributed by atoms with van der Waals surface area (Å²) in [4.78, 5) is 29.3. The van der Waals surface area contributed by atoms with Crippen LogP contribution in [-0.2, 0) is 14.1 Å². The lowest BCUT2D eigenvalue weighted by molar-refractivity contribution is 0.521. The van der Waals surface area contributed by atoms with Crippen molar-refractivity contribution in [3.05, 3.63) is 26.7 Å². The maximum absolute atomic E-state index is 12.6. The second kappa shape index (κ2) is 4.84. The third-order valence-electron chi connectivity index (χ3n) is 4.23. The van der Waals surface area contributed by atoms with E-state index in [1.54, 1.807) is 7.05 Å². The Morgan fingerprint density at radius 2 is 1.95 bits per heavy atom. The number of hydrogen-bond donors (Lipinski definition) is 1. The lowest BCUT2D eigenvalue weighted by atomic mass is 10.2. The quantitative estimate of drug-likeness (QED) is 0.851. The van der Waals surface area contributed by atoms with E-state index in [2.05, 4.69) is 24.1 Å². The highest BCUT2D eigenvalue weighted by Crippen LogP contribution is 2.26. The van der Waals surface area contributed by atoms with Gasteiger partial charge in [-0.15, -0.1) is 0 Å². The van der Waals surface area contributed by atoms with E-state index in [1.165, 1.54) is 11.6 Å². The van der Waals surface area contributed by atoms with Gasteiger partial charge in [-0.3, -0.25) is 13.9 Å². The van der Waals surface area contributed by atoms with Gasteiger partial charge < -0.3 is 9.88 Å². The van der Waals surface area contributed by atoms with E-state index in [9.17, 15) is 9.59 Å². The second-order valence-electron chi connectivity index (χ2n) is 6.02. The first kappa shape index (κ1) is 14.1. The molecule has 1 aliphatic heterocycles. The minimum absolute atomic E-state index is 0.192. The van der Waals surface area contributed by atoms with E-state index in [4.69, 9.17) is 0 Å². The highest BCUT2D eigenvalue weighted by Gasteiger charge is 2.27. The van der Waals surface area contributed by atoms with E-state index in [-0.39, 0.29) is 23.2 Å². The topological polar surface area (TPSA) is 73.8 Å². The van der Waals surface area contributed by atoms with Crippen LogP contribution in [0.3, 0.4) is 0 Å². The molecule has 0 saturated carbocycles. The maximum atomic E-state index is 12.6. The normalized spacial score (nSPS) is 19.0. The largest absolute Gasteiger partial charge is 0.332 e. The van der Waals surface area contributed by atoms with Crippen molar-refractivity contribution in [3.8, 4) is 0 Å². The van der Waals surface area contributed by atoms with Crippen LogP contribution in [0, 0.1) is 0 Å². The van der Waals surface area contributed by atoms with E-state index in [0.29, 0.717) is 11.2 Å². The first-order chi connectivity index (χ1) is 9.93. The molecule has 1 saturated heterocycles. The molecule has 1 unspecified atom stereocenters. The van der Waals surface area contributed by atoms with Gasteiger partial charge in [-0.1, -0.05) is 13.8 Å². The average molecular weight is 291 g/mol. The molecule has 0 amide bonds. The lowest BCUT2D eigenvalue weighted by Crippen LogP contribution is -2.38. The summed E-state index contributed by atoms with van der Waals surface area (Å²) < 4.78 is 4.66. The van der Waals surface area contributed by atoms with Crippen LogP contribution >= 0.6 is 0 Å². The molecule has 7 heteroatoms. The number of fused-ring (bicyclic) bond motifs is 1. The first-order valence-electron chi connectivity index (χ1n) is 7.32. The first-order valence-corrected chi connectivity index (χ1v) is 7.32. The second-order valence-corrected chi connectivity index (χ2v) is 6.02. The van der Waals surface area contributed by atoms with Crippen LogP contribution in [0.5, 0.6) is 0 Å². The maximum Gasteiger partial charge on any atom is 0.332 e. The van der Waals surface area contributed by atoms with Crippen molar-refractivity contribution in [2.75, 3.05) is 13.1 Å². The smallest absolute Gasteiger partial charge is 0.317 e. The SMILES string of the molecule is CC(C)c1nc2c(c(=O)n(C)c(=O)n2C)n1C1CCNC1. The zero-order chi connectivity index (χ0) is 15.3. The number of nitrogens with one attached hydrogen (secondary N) is 1. The number of rotatable bonds is 2. The Kier molecular flexibility index (Phi) is 3.24. The summed E-state index contributed by atoms with van der Waals surface area (Å²) in [6.45, 7) is 5.89. The fraction of sp³-hybridized carbons (Fsp3) is 0.643. The van der Waals surface area contributed by atoms with Crippen LogP contribution < -0.4 is 16.6 Å². The minimum atomic E-state index is -0.336. The molecule has 3 rings (SSSR count). The van der Waals surface area contributed by atoms with Gasteiger partial charge in [-0.25, -0.2) is 9.78 Å². The number of imidazole rings is 1. The summed E-state index contributed by atoms with van der Waals surface area (Å²) >= 11 is 0. The Balaban J connectivity index is 2.45. The molecule has 0 bridgehead atoms. The summed E-state index contributed by atoms with van der Waals surface area (Å²) in [5.74, 6) is 1.06. The standard InChI is InChI=1S/C14H21N5O2/c1-8(2)11-16-12-10(19(11)9-5-6-15-7-9)13(20)18(4)14(21)17(12)3/h8-9,15H,5-7H2,1-4H3. The Hall–Kier alpha value is -1.89. The number of aryl methyl sites for hydroxylation is 1. The molecule has 3 heterocycles. The van der Waals surface area contributed by atoms with Gasteiger partial charge in [0, 0.05) is 32.6 Å². The number of aromatic nitrogens is 4. The van der Waals surface area contributed by atoms with Crippen molar-refractivity contribution in [1.82, 2.24) is 24.0 Å². The molecule has 0 aromatic carbocycles. The Labute approximate surface area is 122 Å². The third-order valence-corrected chi connectivity index (χ3v) is 4.23. The highest BCUT2D eigenvalue weighted by molar-refractivity contribution is 5.71. The van der Waals surface area contributed by atoms with Crippen molar-refractivity contribution in [3.63, 3.8) is 0 Å². The Morgan fingerprint density at radius 3 is 2.52 bits per heavy atom. The molecule has 1 fully saturated rings. The number of nitrogens with zero attached hydrogens (tertiary/aromatic N) is 4. The van der Waals surface area contributed by atoms with Crippen LogP contribution in [0.25, 0.3) is 11.2 Å². The summed E-state index contributed by atoms with van der Waals surface area (Å²) in [7, 11) is 3.18. The van der Waals surface area contributed by atoms with Gasteiger partial charge in [0.05, 0.1) is 0 Å². The fourth-order valence-electron chi connectivity index (χ4n) is 3.07. The zero-order valence-electron chi connectivity index (χ0n) is 12.9. The zero-order valence-corrected chi connectivity index (χ0v) is 12.9. The van der Waals surface area contributed by atoms with Crippen LogP contribution in [0.1, 0.15) is 38.1 Å². The van der Waals surface area contributed by atoms with Crippen molar-refractivity contribution in [2.45, 2.75) is 32.2 Å². The van der Waals surface area contributed by atoms with Gasteiger partial charge in [0.1, 0.15) is 5.82 Å². The van der Waals surface area contributed by atoms with Gasteiger partial charge in [0.25, 0.3) is 5.56 Å². The molecule has 1 N–H and O–H groups in total. The van der Waals surface area contributed by atoms with E-state index in [0.717, 1.165) is 29.9 Å². The van der Waals surface area contributed by atoms with Gasteiger partial charge in [-0.05, 0) is 13.0 Å². The summed E-state index contributed by atoms with van der Waals surface area (Å²) in [6, 6.07) is 0.220. The van der Waals surface area contributed by atoms with Gasteiger partial charge >= 0.3 is 5.69 Å². The minimum Gasteiger partial charge on any atom is -0.317 e. The highest BCUT2D eigenvalue weighted by atomic mass is 16.2. The monoisotopic (exact) mass is 291 g/mol. The molecular weight excluding hydrogens is 270 g/mol. The van der Waals surface area contributed by atoms with Crippen LogP contribution in [0.2, 0.25) is 0 Å². The van der Waals surface area contributed by atoms with Gasteiger partial charge in [0.15, 0.2) is 11.2 Å². The summed E-state index contributed by atoms with van der Waals surface area (Å²) in [6.07, 6.45) is 0.969. The predicted octanol–water partition coefficient (Wildman–Crippen LogP) is 0.0915. The Morgan fingerprint density at radius 1 is 1.24 bits per heavy atom. The van der Waals surface area contributed by atoms with E-state index in [1.807, 2.05) is 4.57 Å². The molecule has 0 spiro atoms. The van der Waals surface area contributed by atoms with Crippen LogP contribution in [0.15, 0.2) is 9.59 Å². The average Bonchev–Trinajstić information content (AvgIpc) is 3.08. The molecule has 0 aliphatic carbocycles. The molecular formula is C14H21N5O2. The van der Waals surface area contributed by atoms with Gasteiger partial charge in [-0.2, -0.15) is 0 Å². The third kappa shape index (κ3) is 1.95. The van der Waals surface area contributed by atoms with Crippen LogP contribution in [-0.4, -0.2) is 31.8 Å². The lowest BCUT2D eigenvalue weighted by Gasteiger charge is -2.17. The van der Waals surface area contributed by atoms with Crippen molar-refractivity contribution in [2.24, 2.45) is 14.1 Å². The molecule has 0 radical (unpaired) electrons. The Bertz CT molecular complexity index is 805. The van der Waals surface area contributed by atoms with Gasteiger partial charge in [0.2, 0.25) is 0 Å². The fourth-order valence-corrected chi connectivity index (χ4v) is 3.07. The molecule has 114 valence electrons. The van der Waals surface area contributed by atoms with E-state index < -0.39 is 0 Å². The molecule has 7 nitrogen and oxygen atoms in total. The number of hydrogen-bond acceptors (Lipinski definition) is 4. The van der Waals surface area contributed by atoms with Crippen molar-refractivity contribution >= 4 is 11.2 Å². The summed E-state index contributed by atoms with van der Waals surface area (Å²) in [5, 5.41) is 3.33. The van der Waals surface area contributed by atoms with Crippen molar-refractivity contribution in [1.29, 1.82) is 0 Å². The van der Waals surface area contributed by atoms with E-state index >= 15 is 0 Å². The summed E-state index contributed by atoms with van der Waals surface area (Å²) in [5.41, 5.74) is 0.423. The van der Waals surface area contributed by atoms with Crippen LogP contribution in [0.4, 0.5) is 0 Å². The molecule has 2 aromatic heterocycles. The predicted molar refractivity (Wildman–Crippen MR) is 80.8 cm³/mol. The van der Waals surface area contributed by atoms with Crippen molar-refractivity contribution < 1.29 is 0 Å². The molecule has 1 atom stereocenters. The molecule has 21 heavy (non-hydrogen) atoms. The molecule has 1 aliphatic rings.